The second kappa shape index (κ2) is 7.26. The zero-order chi connectivity index (χ0) is 16.2. The number of hydrogen-bond acceptors (Lipinski definition) is 4. The molecule has 0 aliphatic carbocycles. The maximum absolute atomic E-state index is 14.1. The van der Waals surface area contributed by atoms with Crippen LogP contribution in [0, 0.1) is 0 Å². The standard InChI is InChI=1S/C14H18F4N2O2/c15-13(16)22-11-3-1-10(2-4-11)12(14(17,18)9-21)20-7-5-19-6-8-20/h1-4,12-13,19,21H,5-9H2/t12-/m0/s1. The van der Waals surface area contributed by atoms with Crippen molar-refractivity contribution in [3.8, 4) is 5.75 Å². The lowest BCUT2D eigenvalue weighted by atomic mass is 9.98. The van der Waals surface area contributed by atoms with Gasteiger partial charge in [-0.1, -0.05) is 12.1 Å². The van der Waals surface area contributed by atoms with E-state index in [1.165, 1.54) is 24.3 Å². The van der Waals surface area contributed by atoms with Gasteiger partial charge >= 0.3 is 6.61 Å². The first-order valence-corrected chi connectivity index (χ1v) is 6.92. The minimum absolute atomic E-state index is 0.0925. The van der Waals surface area contributed by atoms with Gasteiger partial charge < -0.3 is 15.2 Å². The average Bonchev–Trinajstić information content (AvgIpc) is 2.49. The van der Waals surface area contributed by atoms with Gasteiger partial charge in [0.15, 0.2) is 0 Å². The number of nitrogens with zero attached hydrogens (tertiary/aromatic N) is 1. The second-order valence-electron chi connectivity index (χ2n) is 5.06. The topological polar surface area (TPSA) is 44.7 Å². The number of halogens is 4. The highest BCUT2D eigenvalue weighted by atomic mass is 19.3. The number of alkyl halides is 4. The van der Waals surface area contributed by atoms with Gasteiger partial charge in [-0.25, -0.2) is 8.78 Å². The first kappa shape index (κ1) is 17.0. The molecule has 4 nitrogen and oxygen atoms in total. The number of benzene rings is 1. The van der Waals surface area contributed by atoms with Crippen LogP contribution in [0.25, 0.3) is 0 Å². The Kier molecular flexibility index (Phi) is 5.60. The molecule has 22 heavy (non-hydrogen) atoms. The number of ether oxygens (including phenoxy) is 1. The summed E-state index contributed by atoms with van der Waals surface area (Å²) in [5, 5.41) is 12.1. The van der Waals surface area contributed by atoms with Crippen molar-refractivity contribution in [1.29, 1.82) is 0 Å². The van der Waals surface area contributed by atoms with Gasteiger partial charge in [0.25, 0.3) is 5.92 Å². The number of nitrogens with one attached hydrogen (secondary N) is 1. The van der Waals surface area contributed by atoms with Gasteiger partial charge in [0.05, 0.1) is 0 Å². The Balaban J connectivity index is 2.24. The molecule has 0 bridgehead atoms. The Morgan fingerprint density at radius 1 is 1.18 bits per heavy atom. The van der Waals surface area contributed by atoms with Gasteiger partial charge in [0.2, 0.25) is 0 Å². The van der Waals surface area contributed by atoms with Crippen molar-refractivity contribution < 1.29 is 27.4 Å². The first-order chi connectivity index (χ1) is 10.4. The molecular formula is C14H18F4N2O2. The number of aliphatic hydroxyl groups is 1. The lowest BCUT2D eigenvalue weighted by Gasteiger charge is -2.38. The van der Waals surface area contributed by atoms with Crippen molar-refractivity contribution in [2.24, 2.45) is 0 Å². The minimum atomic E-state index is -3.33. The Bertz CT molecular complexity index is 464. The lowest BCUT2D eigenvalue weighted by Crippen LogP contribution is -2.51. The molecule has 1 aliphatic rings. The fourth-order valence-corrected chi connectivity index (χ4v) is 2.58. The van der Waals surface area contributed by atoms with Crippen molar-refractivity contribution in [1.82, 2.24) is 10.2 Å². The van der Waals surface area contributed by atoms with E-state index >= 15 is 0 Å². The molecule has 1 aliphatic heterocycles. The molecule has 0 saturated carbocycles. The number of aliphatic hydroxyl groups excluding tert-OH is 1. The maximum atomic E-state index is 14.1. The fraction of sp³-hybridized carbons (Fsp3) is 0.571. The summed E-state index contributed by atoms with van der Waals surface area (Å²) in [7, 11) is 0. The van der Waals surface area contributed by atoms with Crippen LogP contribution in [0.1, 0.15) is 11.6 Å². The van der Waals surface area contributed by atoms with Gasteiger partial charge in [-0.2, -0.15) is 8.78 Å². The predicted octanol–water partition coefficient (Wildman–Crippen LogP) is 1.86. The summed E-state index contributed by atoms with van der Waals surface area (Å²) in [6.07, 6.45) is 0. The molecule has 1 fully saturated rings. The van der Waals surface area contributed by atoms with E-state index in [1.807, 2.05) is 0 Å². The molecule has 0 amide bonds. The highest BCUT2D eigenvalue weighted by molar-refractivity contribution is 5.30. The van der Waals surface area contributed by atoms with Crippen molar-refractivity contribution in [3.63, 3.8) is 0 Å². The smallest absolute Gasteiger partial charge is 0.387 e. The van der Waals surface area contributed by atoms with Crippen LogP contribution in [0.5, 0.6) is 5.75 Å². The molecule has 1 aromatic rings. The second-order valence-corrected chi connectivity index (χ2v) is 5.06. The van der Waals surface area contributed by atoms with Crippen LogP contribution in [0.2, 0.25) is 0 Å². The lowest BCUT2D eigenvalue weighted by molar-refractivity contribution is -0.118. The van der Waals surface area contributed by atoms with Crippen LogP contribution in [0.4, 0.5) is 17.6 Å². The van der Waals surface area contributed by atoms with E-state index in [0.717, 1.165) is 0 Å². The maximum Gasteiger partial charge on any atom is 0.387 e. The fourth-order valence-electron chi connectivity index (χ4n) is 2.58. The third-order valence-corrected chi connectivity index (χ3v) is 3.55. The molecule has 0 spiro atoms. The third kappa shape index (κ3) is 4.08. The summed E-state index contributed by atoms with van der Waals surface area (Å²) in [5.41, 5.74) is 0.252. The molecule has 0 radical (unpaired) electrons. The molecule has 0 unspecified atom stereocenters. The van der Waals surface area contributed by atoms with E-state index in [4.69, 9.17) is 5.11 Å². The normalized spacial score (nSPS) is 18.5. The highest BCUT2D eigenvalue weighted by Gasteiger charge is 2.43. The van der Waals surface area contributed by atoms with E-state index in [0.29, 0.717) is 26.2 Å². The van der Waals surface area contributed by atoms with E-state index in [2.05, 4.69) is 10.1 Å². The summed E-state index contributed by atoms with van der Waals surface area (Å²) in [4.78, 5) is 1.58. The minimum Gasteiger partial charge on any atom is -0.435 e. The SMILES string of the molecule is OCC(F)(F)[C@H](c1ccc(OC(F)F)cc1)N1CCNCC1. The molecule has 1 aromatic carbocycles. The Morgan fingerprint density at radius 2 is 1.77 bits per heavy atom. The van der Waals surface area contributed by atoms with Crippen LogP contribution in [0.15, 0.2) is 24.3 Å². The van der Waals surface area contributed by atoms with Gasteiger partial charge in [0.1, 0.15) is 18.4 Å². The van der Waals surface area contributed by atoms with Crippen LogP contribution in [-0.2, 0) is 0 Å². The summed E-state index contributed by atoms with van der Waals surface area (Å²) in [6.45, 7) is -2.27. The van der Waals surface area contributed by atoms with Crippen LogP contribution < -0.4 is 10.1 Å². The van der Waals surface area contributed by atoms with E-state index in [-0.39, 0.29) is 11.3 Å². The van der Waals surface area contributed by atoms with Crippen LogP contribution in [0.3, 0.4) is 0 Å². The Labute approximate surface area is 125 Å². The average molecular weight is 322 g/mol. The molecule has 8 heteroatoms. The Morgan fingerprint density at radius 3 is 2.27 bits per heavy atom. The van der Waals surface area contributed by atoms with Crippen molar-refractivity contribution in [2.45, 2.75) is 18.6 Å². The van der Waals surface area contributed by atoms with E-state index in [1.54, 1.807) is 4.90 Å². The van der Waals surface area contributed by atoms with E-state index < -0.39 is 25.2 Å². The molecule has 2 N–H and O–H groups in total. The largest absolute Gasteiger partial charge is 0.435 e. The summed E-state index contributed by atoms with van der Waals surface area (Å²) in [6, 6.07) is 3.80. The number of hydrogen-bond donors (Lipinski definition) is 2. The summed E-state index contributed by atoms with van der Waals surface area (Å²) in [5.74, 6) is -3.42. The first-order valence-electron chi connectivity index (χ1n) is 6.92. The molecule has 1 atom stereocenters. The number of rotatable bonds is 6. The monoisotopic (exact) mass is 322 g/mol. The van der Waals surface area contributed by atoms with Gasteiger partial charge in [-0.15, -0.1) is 0 Å². The predicted molar refractivity (Wildman–Crippen MR) is 72.3 cm³/mol. The quantitative estimate of drug-likeness (QED) is 0.785. The summed E-state index contributed by atoms with van der Waals surface area (Å²) < 4.78 is 56.7. The molecule has 2 rings (SSSR count). The van der Waals surface area contributed by atoms with Crippen molar-refractivity contribution in [2.75, 3.05) is 32.8 Å². The Hall–Kier alpha value is -1.38. The molecule has 0 aromatic heterocycles. The third-order valence-electron chi connectivity index (χ3n) is 3.55. The van der Waals surface area contributed by atoms with Crippen LogP contribution >= 0.6 is 0 Å². The van der Waals surface area contributed by atoms with Gasteiger partial charge in [0, 0.05) is 26.2 Å². The van der Waals surface area contributed by atoms with E-state index in [9.17, 15) is 17.6 Å². The van der Waals surface area contributed by atoms with Crippen molar-refractivity contribution in [3.05, 3.63) is 29.8 Å². The van der Waals surface area contributed by atoms with Gasteiger partial charge in [-0.3, -0.25) is 4.90 Å². The zero-order valence-corrected chi connectivity index (χ0v) is 11.8. The van der Waals surface area contributed by atoms with Crippen LogP contribution in [-0.4, -0.2) is 55.3 Å². The zero-order valence-electron chi connectivity index (χ0n) is 11.8. The highest BCUT2D eigenvalue weighted by Crippen LogP contribution is 2.37. The number of piperazine rings is 1. The molecule has 1 heterocycles. The molecular weight excluding hydrogens is 304 g/mol. The van der Waals surface area contributed by atoms with Crippen molar-refractivity contribution >= 4 is 0 Å². The molecule has 124 valence electrons. The van der Waals surface area contributed by atoms with Gasteiger partial charge in [-0.05, 0) is 17.7 Å². The molecule has 1 saturated heterocycles. The summed E-state index contributed by atoms with van der Waals surface area (Å²) >= 11 is 0.